The third-order valence-electron chi connectivity index (χ3n) is 4.33. The van der Waals surface area contributed by atoms with E-state index in [-0.39, 0.29) is 0 Å². The summed E-state index contributed by atoms with van der Waals surface area (Å²) in [7, 11) is 0. The Morgan fingerprint density at radius 2 is 1.88 bits per heavy atom. The van der Waals surface area contributed by atoms with Gasteiger partial charge in [0.1, 0.15) is 0 Å². The van der Waals surface area contributed by atoms with E-state index in [1.54, 1.807) is 0 Å². The molecule has 1 aliphatic heterocycles. The average Bonchev–Trinajstić information content (AvgIpc) is 2.90. The van der Waals surface area contributed by atoms with E-state index in [4.69, 9.17) is 5.26 Å². The zero-order valence-electron chi connectivity index (χ0n) is 10.1. The van der Waals surface area contributed by atoms with Gasteiger partial charge in [0, 0.05) is 19.6 Å². The van der Waals surface area contributed by atoms with Crippen molar-refractivity contribution in [3.05, 3.63) is 35.4 Å². The molecule has 1 aliphatic carbocycles. The van der Waals surface area contributed by atoms with Crippen LogP contribution in [-0.2, 0) is 6.54 Å². The standard InChI is InChI=1S/C15H18N2/c16-8-12-4-1-2-5-13(12)9-17-10-14-6-3-7-15(14)11-17/h1-2,4-5,14-15H,3,6-7,9-11H2. The Kier molecular flexibility index (Phi) is 2.86. The molecule has 0 N–H and O–H groups in total. The molecule has 2 nitrogen and oxygen atoms in total. The molecule has 1 heterocycles. The summed E-state index contributed by atoms with van der Waals surface area (Å²) in [6.45, 7) is 3.44. The van der Waals surface area contributed by atoms with E-state index >= 15 is 0 Å². The lowest BCUT2D eigenvalue weighted by molar-refractivity contribution is 0.303. The van der Waals surface area contributed by atoms with Gasteiger partial charge in [0.2, 0.25) is 0 Å². The quantitative estimate of drug-likeness (QED) is 0.775. The van der Waals surface area contributed by atoms with Crippen molar-refractivity contribution in [1.29, 1.82) is 5.26 Å². The lowest BCUT2D eigenvalue weighted by atomic mass is 10.0. The van der Waals surface area contributed by atoms with Crippen molar-refractivity contribution in [2.75, 3.05) is 13.1 Å². The van der Waals surface area contributed by atoms with Crippen LogP contribution in [0, 0.1) is 23.2 Å². The van der Waals surface area contributed by atoms with E-state index in [0.717, 1.165) is 23.9 Å². The summed E-state index contributed by atoms with van der Waals surface area (Å²) in [5.74, 6) is 1.87. The van der Waals surface area contributed by atoms with Crippen molar-refractivity contribution < 1.29 is 0 Å². The highest BCUT2D eigenvalue weighted by atomic mass is 15.2. The number of hydrogen-bond donors (Lipinski definition) is 0. The van der Waals surface area contributed by atoms with Gasteiger partial charge in [-0.15, -0.1) is 0 Å². The minimum atomic E-state index is 0.838. The lowest BCUT2D eigenvalue weighted by Gasteiger charge is -2.17. The summed E-state index contributed by atoms with van der Waals surface area (Å²) in [6.07, 6.45) is 4.26. The van der Waals surface area contributed by atoms with Crippen LogP contribution in [-0.4, -0.2) is 18.0 Å². The van der Waals surface area contributed by atoms with Crippen LogP contribution in [0.15, 0.2) is 24.3 Å². The molecular weight excluding hydrogens is 208 g/mol. The van der Waals surface area contributed by atoms with Gasteiger partial charge < -0.3 is 0 Å². The Labute approximate surface area is 103 Å². The third-order valence-corrected chi connectivity index (χ3v) is 4.33. The van der Waals surface area contributed by atoms with Crippen LogP contribution < -0.4 is 0 Å². The van der Waals surface area contributed by atoms with E-state index < -0.39 is 0 Å². The molecule has 2 unspecified atom stereocenters. The van der Waals surface area contributed by atoms with E-state index in [1.807, 2.05) is 18.2 Å². The maximum atomic E-state index is 9.09. The SMILES string of the molecule is N#Cc1ccccc1CN1CC2CCCC2C1. The highest BCUT2D eigenvalue weighted by molar-refractivity contribution is 5.37. The maximum absolute atomic E-state index is 9.09. The van der Waals surface area contributed by atoms with Crippen molar-refractivity contribution in [3.63, 3.8) is 0 Å². The molecular formula is C15H18N2. The second kappa shape index (κ2) is 4.50. The number of benzene rings is 1. The summed E-state index contributed by atoms with van der Waals surface area (Å²) in [6, 6.07) is 10.3. The zero-order valence-corrected chi connectivity index (χ0v) is 10.1. The number of nitrogens with zero attached hydrogens (tertiary/aromatic N) is 2. The summed E-state index contributed by atoms with van der Waals surface area (Å²) in [5.41, 5.74) is 2.03. The topological polar surface area (TPSA) is 27.0 Å². The summed E-state index contributed by atoms with van der Waals surface area (Å²) < 4.78 is 0. The lowest BCUT2D eigenvalue weighted by Crippen LogP contribution is -2.21. The first-order valence-corrected chi connectivity index (χ1v) is 6.57. The van der Waals surface area contributed by atoms with E-state index in [1.165, 1.54) is 37.9 Å². The molecule has 3 rings (SSSR count). The Hall–Kier alpha value is -1.33. The molecule has 0 bridgehead atoms. The van der Waals surface area contributed by atoms with Gasteiger partial charge in [0.25, 0.3) is 0 Å². The number of likely N-dealkylation sites (tertiary alicyclic amines) is 1. The van der Waals surface area contributed by atoms with Crippen LogP contribution in [0.2, 0.25) is 0 Å². The van der Waals surface area contributed by atoms with Crippen molar-refractivity contribution in [3.8, 4) is 6.07 Å². The minimum absolute atomic E-state index is 0.838. The predicted molar refractivity (Wildman–Crippen MR) is 67.3 cm³/mol. The third kappa shape index (κ3) is 2.08. The highest BCUT2D eigenvalue weighted by Gasteiger charge is 2.35. The van der Waals surface area contributed by atoms with Gasteiger partial charge in [-0.05, 0) is 36.3 Å². The molecule has 1 saturated heterocycles. The molecule has 2 atom stereocenters. The molecule has 0 radical (unpaired) electrons. The molecule has 0 spiro atoms. The Morgan fingerprint density at radius 3 is 2.59 bits per heavy atom. The molecule has 0 aromatic heterocycles. The molecule has 17 heavy (non-hydrogen) atoms. The first-order chi connectivity index (χ1) is 8.36. The number of rotatable bonds is 2. The molecule has 0 amide bonds. The molecule has 2 fully saturated rings. The maximum Gasteiger partial charge on any atom is 0.0995 e. The Morgan fingerprint density at radius 1 is 1.18 bits per heavy atom. The molecule has 1 aromatic carbocycles. The Balaban J connectivity index is 1.70. The predicted octanol–water partition coefficient (Wildman–Crippen LogP) is 2.79. The number of nitriles is 1. The van der Waals surface area contributed by atoms with Gasteiger partial charge in [0.15, 0.2) is 0 Å². The van der Waals surface area contributed by atoms with Crippen LogP contribution in [0.5, 0.6) is 0 Å². The Bertz CT molecular complexity index is 434. The van der Waals surface area contributed by atoms with Gasteiger partial charge >= 0.3 is 0 Å². The van der Waals surface area contributed by atoms with Gasteiger partial charge in [0.05, 0.1) is 11.6 Å². The second-order valence-electron chi connectivity index (χ2n) is 5.41. The van der Waals surface area contributed by atoms with Crippen LogP contribution in [0.25, 0.3) is 0 Å². The van der Waals surface area contributed by atoms with Crippen LogP contribution >= 0.6 is 0 Å². The van der Waals surface area contributed by atoms with E-state index in [0.29, 0.717) is 0 Å². The van der Waals surface area contributed by atoms with Crippen molar-refractivity contribution in [2.45, 2.75) is 25.8 Å². The smallest absolute Gasteiger partial charge is 0.0995 e. The fourth-order valence-corrected chi connectivity index (χ4v) is 3.47. The molecule has 1 saturated carbocycles. The minimum Gasteiger partial charge on any atom is -0.298 e. The molecule has 2 aliphatic rings. The van der Waals surface area contributed by atoms with Crippen molar-refractivity contribution >= 4 is 0 Å². The van der Waals surface area contributed by atoms with Gasteiger partial charge in [-0.25, -0.2) is 0 Å². The number of fused-ring (bicyclic) bond motifs is 1. The number of hydrogen-bond acceptors (Lipinski definition) is 2. The second-order valence-corrected chi connectivity index (χ2v) is 5.41. The van der Waals surface area contributed by atoms with Gasteiger partial charge in [-0.2, -0.15) is 5.26 Å². The molecule has 1 aromatic rings. The highest BCUT2D eigenvalue weighted by Crippen LogP contribution is 2.38. The van der Waals surface area contributed by atoms with Crippen molar-refractivity contribution in [2.24, 2.45) is 11.8 Å². The fraction of sp³-hybridized carbons (Fsp3) is 0.533. The zero-order chi connectivity index (χ0) is 11.7. The van der Waals surface area contributed by atoms with Crippen molar-refractivity contribution in [1.82, 2.24) is 4.90 Å². The summed E-state index contributed by atoms with van der Waals surface area (Å²) in [4.78, 5) is 2.53. The van der Waals surface area contributed by atoms with E-state index in [9.17, 15) is 0 Å². The fourth-order valence-electron chi connectivity index (χ4n) is 3.47. The molecule has 88 valence electrons. The van der Waals surface area contributed by atoms with Gasteiger partial charge in [-0.1, -0.05) is 24.6 Å². The largest absolute Gasteiger partial charge is 0.298 e. The first-order valence-electron chi connectivity index (χ1n) is 6.57. The normalized spacial score (nSPS) is 27.9. The van der Waals surface area contributed by atoms with E-state index in [2.05, 4.69) is 17.0 Å². The van der Waals surface area contributed by atoms with Crippen LogP contribution in [0.1, 0.15) is 30.4 Å². The van der Waals surface area contributed by atoms with Crippen LogP contribution in [0.4, 0.5) is 0 Å². The average molecular weight is 226 g/mol. The van der Waals surface area contributed by atoms with Gasteiger partial charge in [-0.3, -0.25) is 4.90 Å². The summed E-state index contributed by atoms with van der Waals surface area (Å²) >= 11 is 0. The molecule has 2 heteroatoms. The first kappa shape index (κ1) is 10.8. The summed E-state index contributed by atoms with van der Waals surface area (Å²) in [5, 5.41) is 9.09. The monoisotopic (exact) mass is 226 g/mol. The van der Waals surface area contributed by atoms with Crippen LogP contribution in [0.3, 0.4) is 0 Å².